The lowest BCUT2D eigenvalue weighted by Gasteiger charge is -2.36. The Morgan fingerprint density at radius 2 is 1.61 bits per heavy atom. The first-order valence-corrected chi connectivity index (χ1v) is 17.1. The molecule has 0 bridgehead atoms. The van der Waals surface area contributed by atoms with Crippen LogP contribution in [-0.2, 0) is 20.5 Å². The van der Waals surface area contributed by atoms with E-state index in [0.29, 0.717) is 34.3 Å². The first-order valence-electron chi connectivity index (χ1n) is 16.7. The zero-order valence-electron chi connectivity index (χ0n) is 27.5. The van der Waals surface area contributed by atoms with Crippen molar-refractivity contribution in [2.75, 3.05) is 37.7 Å². The molecule has 9 nitrogen and oxygen atoms in total. The molecule has 16 heteroatoms. The SMILES string of the molecule is CCOC(=O)c1c(OC(=O)C(F)(F)F)nn(C2CCCN(c3cc(Cl)ccc3-c3ccc(C4CCN(C(=O)C5CC5)CC4)cc3)C2)c1C(F)(F)F. The number of ether oxygens (including phenoxy) is 2. The number of hydrogen-bond donors (Lipinski definition) is 0. The van der Waals surface area contributed by atoms with Crippen molar-refractivity contribution < 1.29 is 50.2 Å². The van der Waals surface area contributed by atoms with Crippen molar-refractivity contribution in [2.24, 2.45) is 5.92 Å². The number of rotatable bonds is 8. The van der Waals surface area contributed by atoms with Crippen LogP contribution in [0.5, 0.6) is 5.88 Å². The maximum atomic E-state index is 14.6. The highest BCUT2D eigenvalue weighted by molar-refractivity contribution is 6.31. The third-order valence-corrected chi connectivity index (χ3v) is 9.75. The van der Waals surface area contributed by atoms with E-state index < -0.39 is 54.1 Å². The quantitative estimate of drug-likeness (QED) is 0.172. The summed E-state index contributed by atoms with van der Waals surface area (Å²) in [5.41, 5.74) is 0.241. The van der Waals surface area contributed by atoms with E-state index in [1.807, 2.05) is 34.1 Å². The van der Waals surface area contributed by atoms with Gasteiger partial charge in [-0.05, 0) is 74.6 Å². The Labute approximate surface area is 294 Å². The monoisotopic (exact) mass is 740 g/mol. The molecular formula is C35H35ClF6N4O5. The number of aromatic nitrogens is 2. The summed E-state index contributed by atoms with van der Waals surface area (Å²) in [6.07, 6.45) is -6.71. The van der Waals surface area contributed by atoms with E-state index in [1.165, 1.54) is 6.92 Å². The molecule has 1 unspecified atom stereocenters. The predicted octanol–water partition coefficient (Wildman–Crippen LogP) is 7.82. The standard InChI is InChI=1S/C35H35ClF6N4O5/c1-2-50-32(48)28-29(34(37,38)39)46(43-30(28)51-33(49)35(40,41)42)25-4-3-15-45(19-25)27-18-24(36)11-12-26(27)22-7-5-20(6-8-22)21-13-16-44(17-14-21)31(47)23-9-10-23/h5-8,11-12,18,21,23,25H,2-4,9-10,13-17,19H2,1H3. The minimum atomic E-state index is -5.56. The lowest BCUT2D eigenvalue weighted by Crippen LogP contribution is -2.38. The Morgan fingerprint density at radius 1 is 0.922 bits per heavy atom. The molecule has 3 aliphatic rings. The largest absolute Gasteiger partial charge is 0.491 e. The van der Waals surface area contributed by atoms with Gasteiger partial charge in [0.1, 0.15) is 0 Å². The topological polar surface area (TPSA) is 94.0 Å². The number of carbonyl (C=O) groups excluding carboxylic acids is 3. The summed E-state index contributed by atoms with van der Waals surface area (Å²) in [4.78, 5) is 40.6. The summed E-state index contributed by atoms with van der Waals surface area (Å²) in [7, 11) is 0. The molecule has 0 spiro atoms. The predicted molar refractivity (Wildman–Crippen MR) is 174 cm³/mol. The molecule has 1 amide bonds. The summed E-state index contributed by atoms with van der Waals surface area (Å²) >= 11 is 6.41. The van der Waals surface area contributed by atoms with Crippen LogP contribution in [0.1, 0.15) is 79.0 Å². The molecule has 6 rings (SSSR count). The van der Waals surface area contributed by atoms with Gasteiger partial charge in [0, 0.05) is 48.4 Å². The number of nitrogens with zero attached hydrogens (tertiary/aromatic N) is 4. The van der Waals surface area contributed by atoms with Crippen LogP contribution in [-0.4, -0.2) is 71.5 Å². The van der Waals surface area contributed by atoms with Crippen molar-refractivity contribution in [1.29, 1.82) is 0 Å². The van der Waals surface area contributed by atoms with Crippen LogP contribution < -0.4 is 9.64 Å². The normalized spacial score (nSPS) is 18.9. The average molecular weight is 741 g/mol. The van der Waals surface area contributed by atoms with Crippen LogP contribution in [0.4, 0.5) is 32.0 Å². The zero-order chi connectivity index (χ0) is 36.7. The maximum absolute atomic E-state index is 14.6. The molecule has 1 aromatic heterocycles. The number of benzene rings is 2. The highest BCUT2D eigenvalue weighted by Crippen LogP contribution is 2.43. The van der Waals surface area contributed by atoms with Gasteiger partial charge in [-0.15, -0.1) is 5.10 Å². The average Bonchev–Trinajstić information content (AvgIpc) is 3.87. The van der Waals surface area contributed by atoms with Gasteiger partial charge in [-0.3, -0.25) is 9.48 Å². The molecule has 0 radical (unpaired) electrons. The zero-order valence-corrected chi connectivity index (χ0v) is 28.3. The molecule has 1 atom stereocenters. The third-order valence-electron chi connectivity index (χ3n) is 9.52. The van der Waals surface area contributed by atoms with E-state index in [1.54, 1.807) is 18.2 Å². The minimum Gasteiger partial charge on any atom is -0.462 e. The second-order valence-electron chi connectivity index (χ2n) is 13.0. The van der Waals surface area contributed by atoms with Crippen molar-refractivity contribution >= 4 is 35.1 Å². The number of anilines is 1. The van der Waals surface area contributed by atoms with Crippen molar-refractivity contribution in [3.63, 3.8) is 0 Å². The number of hydrogen-bond acceptors (Lipinski definition) is 7. The minimum absolute atomic E-state index is 0.0940. The number of alkyl halides is 6. The van der Waals surface area contributed by atoms with Crippen LogP contribution in [0.2, 0.25) is 5.02 Å². The molecule has 2 aliphatic heterocycles. The molecule has 3 aromatic rings. The molecule has 1 saturated carbocycles. The van der Waals surface area contributed by atoms with E-state index in [2.05, 4.69) is 9.84 Å². The lowest BCUT2D eigenvalue weighted by molar-refractivity contribution is -0.190. The Kier molecular flexibility index (Phi) is 10.3. The highest BCUT2D eigenvalue weighted by Gasteiger charge is 2.48. The van der Waals surface area contributed by atoms with Crippen LogP contribution in [0.15, 0.2) is 42.5 Å². The number of likely N-dealkylation sites (tertiary alicyclic amines) is 1. The maximum Gasteiger partial charge on any atom is 0.491 e. The number of esters is 2. The van der Waals surface area contributed by atoms with E-state index in [4.69, 9.17) is 16.3 Å². The smallest absolute Gasteiger partial charge is 0.462 e. The van der Waals surface area contributed by atoms with Crippen LogP contribution in [0, 0.1) is 5.92 Å². The molecule has 2 saturated heterocycles. The van der Waals surface area contributed by atoms with Crippen molar-refractivity contribution in [2.45, 2.75) is 69.8 Å². The molecule has 3 fully saturated rings. The lowest BCUT2D eigenvalue weighted by atomic mass is 9.88. The second-order valence-corrected chi connectivity index (χ2v) is 13.4. The fourth-order valence-corrected chi connectivity index (χ4v) is 7.06. The Hall–Kier alpha value is -4.27. The summed E-state index contributed by atoms with van der Waals surface area (Å²) in [6, 6.07) is 12.1. The molecule has 1 aliphatic carbocycles. The molecule has 51 heavy (non-hydrogen) atoms. The van der Waals surface area contributed by atoms with Gasteiger partial charge < -0.3 is 19.3 Å². The number of carbonyl (C=O) groups is 3. The van der Waals surface area contributed by atoms with Gasteiger partial charge in [0.15, 0.2) is 11.3 Å². The third kappa shape index (κ3) is 7.97. The van der Waals surface area contributed by atoms with Gasteiger partial charge in [0.05, 0.1) is 12.6 Å². The van der Waals surface area contributed by atoms with Crippen LogP contribution in [0.25, 0.3) is 11.1 Å². The van der Waals surface area contributed by atoms with Gasteiger partial charge >= 0.3 is 24.3 Å². The second kappa shape index (κ2) is 14.4. The molecule has 2 aromatic carbocycles. The Morgan fingerprint density at radius 3 is 2.22 bits per heavy atom. The summed E-state index contributed by atoms with van der Waals surface area (Å²) in [5, 5.41) is 4.02. The van der Waals surface area contributed by atoms with Crippen LogP contribution >= 0.6 is 11.6 Å². The fraction of sp³-hybridized carbons (Fsp3) is 0.486. The summed E-state index contributed by atoms with van der Waals surface area (Å²) in [6.45, 7) is 2.66. The summed E-state index contributed by atoms with van der Waals surface area (Å²) in [5.74, 6) is -5.16. The highest BCUT2D eigenvalue weighted by atomic mass is 35.5. The number of piperidine rings is 2. The van der Waals surface area contributed by atoms with Crippen molar-refractivity contribution in [3.05, 3.63) is 64.3 Å². The van der Waals surface area contributed by atoms with Crippen molar-refractivity contribution in [1.82, 2.24) is 14.7 Å². The molecule has 274 valence electrons. The van der Waals surface area contributed by atoms with Crippen LogP contribution in [0.3, 0.4) is 0 Å². The van der Waals surface area contributed by atoms with Gasteiger partial charge in [0.2, 0.25) is 5.91 Å². The summed E-state index contributed by atoms with van der Waals surface area (Å²) < 4.78 is 92.3. The number of amides is 1. The molecule has 3 heterocycles. The van der Waals surface area contributed by atoms with E-state index in [0.717, 1.165) is 55.5 Å². The van der Waals surface area contributed by atoms with E-state index >= 15 is 0 Å². The molecular weight excluding hydrogens is 706 g/mol. The van der Waals surface area contributed by atoms with Gasteiger partial charge in [-0.1, -0.05) is 41.9 Å². The number of halogens is 7. The Bertz CT molecular complexity index is 1780. The first kappa shape index (κ1) is 36.5. The van der Waals surface area contributed by atoms with Gasteiger partial charge in [-0.2, -0.15) is 26.3 Å². The molecule has 0 N–H and O–H groups in total. The van der Waals surface area contributed by atoms with E-state index in [9.17, 15) is 40.7 Å². The van der Waals surface area contributed by atoms with E-state index in [-0.39, 0.29) is 24.8 Å². The Balaban J connectivity index is 1.27. The fourth-order valence-electron chi connectivity index (χ4n) is 6.89. The van der Waals surface area contributed by atoms with Crippen molar-refractivity contribution in [3.8, 4) is 17.0 Å². The first-order chi connectivity index (χ1) is 24.2. The van der Waals surface area contributed by atoms with Gasteiger partial charge in [-0.25, -0.2) is 9.59 Å². The van der Waals surface area contributed by atoms with Gasteiger partial charge in [0.25, 0.3) is 5.88 Å².